The van der Waals surface area contributed by atoms with E-state index in [1.165, 1.54) is 31.5 Å². The second kappa shape index (κ2) is 18.6. The number of likely N-dealkylation sites (tertiary alicyclic amines) is 1. The number of nitriles is 1. The molecule has 37 heavy (non-hydrogen) atoms. The molecule has 1 saturated heterocycles. The van der Waals surface area contributed by atoms with Crippen LogP contribution >= 0.6 is 23.2 Å². The highest BCUT2D eigenvalue weighted by molar-refractivity contribution is 6.31. The molecule has 1 fully saturated rings. The molecule has 0 saturated carbocycles. The Hall–Kier alpha value is -2.64. The van der Waals surface area contributed by atoms with Crippen molar-refractivity contribution in [2.75, 3.05) is 20.1 Å². The summed E-state index contributed by atoms with van der Waals surface area (Å²) in [5.74, 6) is 1.92. The molecule has 1 aliphatic rings. The Bertz CT molecular complexity index is 1100. The van der Waals surface area contributed by atoms with E-state index in [0.717, 1.165) is 40.7 Å². The Morgan fingerprint density at radius 2 is 1.68 bits per heavy atom. The van der Waals surface area contributed by atoms with E-state index in [4.69, 9.17) is 28.5 Å². The number of carbonyl (C=O) groups is 1. The topological polar surface area (TPSA) is 44.1 Å². The predicted octanol–water partition coefficient (Wildman–Crippen LogP) is 8.91. The van der Waals surface area contributed by atoms with Crippen LogP contribution in [0, 0.1) is 30.1 Å². The average molecular weight is 540 g/mol. The van der Waals surface area contributed by atoms with Crippen LogP contribution in [0.5, 0.6) is 0 Å². The van der Waals surface area contributed by atoms with Crippen LogP contribution in [0.1, 0.15) is 60.7 Å². The number of nitrogens with zero attached hydrogens (tertiary/aromatic N) is 2. The van der Waals surface area contributed by atoms with Gasteiger partial charge in [-0.3, -0.25) is 4.79 Å². The number of aryl methyl sites for hydroxylation is 2. The Labute approximate surface area is 234 Å². The molecule has 0 bridgehead atoms. The molecule has 5 heteroatoms. The van der Waals surface area contributed by atoms with E-state index in [9.17, 15) is 4.79 Å². The van der Waals surface area contributed by atoms with E-state index in [-0.39, 0.29) is 0 Å². The van der Waals surface area contributed by atoms with E-state index in [2.05, 4.69) is 32.7 Å². The van der Waals surface area contributed by atoms with Gasteiger partial charge in [0.05, 0.1) is 10.6 Å². The van der Waals surface area contributed by atoms with Crippen molar-refractivity contribution in [2.24, 2.45) is 11.8 Å². The maximum Gasteiger partial charge on any atom is 0.150 e. The molecule has 0 aromatic heterocycles. The van der Waals surface area contributed by atoms with Crippen molar-refractivity contribution in [3.05, 3.63) is 105 Å². The summed E-state index contributed by atoms with van der Waals surface area (Å²) in [6.45, 7) is 11.4. The molecule has 0 radical (unpaired) electrons. The summed E-state index contributed by atoms with van der Waals surface area (Å²) >= 11 is 11.5. The first-order chi connectivity index (χ1) is 17.7. The van der Waals surface area contributed by atoms with Crippen molar-refractivity contribution >= 4 is 29.5 Å². The summed E-state index contributed by atoms with van der Waals surface area (Å²) in [5.41, 5.74) is 3.56. The van der Waals surface area contributed by atoms with E-state index >= 15 is 0 Å². The number of benzene rings is 3. The SMILES string of the molecule is CCC(C)C1CCN(C)C1.CCc1ccccc1Cl.Cc1ccc(C#N)c(Cl)c1.O=Cc1ccccc1. The summed E-state index contributed by atoms with van der Waals surface area (Å²) in [5, 5.41) is 9.88. The van der Waals surface area contributed by atoms with Crippen LogP contribution in [0.25, 0.3) is 0 Å². The van der Waals surface area contributed by atoms with E-state index < -0.39 is 0 Å². The fourth-order valence-corrected chi connectivity index (χ4v) is 4.34. The summed E-state index contributed by atoms with van der Waals surface area (Å²) in [6, 6.07) is 24.4. The molecular weight excluding hydrogens is 499 g/mol. The van der Waals surface area contributed by atoms with Gasteiger partial charge in [-0.15, -0.1) is 0 Å². The van der Waals surface area contributed by atoms with Gasteiger partial charge in [-0.05, 0) is 74.5 Å². The van der Waals surface area contributed by atoms with Gasteiger partial charge in [0.25, 0.3) is 0 Å². The lowest BCUT2D eigenvalue weighted by Crippen LogP contribution is -2.17. The van der Waals surface area contributed by atoms with Crippen LogP contribution in [-0.4, -0.2) is 31.3 Å². The lowest BCUT2D eigenvalue weighted by atomic mass is 9.91. The number of rotatable bonds is 4. The molecule has 3 aromatic carbocycles. The number of aldehydes is 1. The third-order valence-electron chi connectivity index (χ3n) is 6.40. The lowest BCUT2D eigenvalue weighted by Gasteiger charge is -2.16. The number of hydrogen-bond donors (Lipinski definition) is 0. The number of halogens is 2. The van der Waals surface area contributed by atoms with E-state index in [1.807, 2.05) is 61.5 Å². The third kappa shape index (κ3) is 12.9. The van der Waals surface area contributed by atoms with Gasteiger partial charge in [0.1, 0.15) is 12.4 Å². The van der Waals surface area contributed by atoms with Crippen LogP contribution in [-0.2, 0) is 6.42 Å². The second-order valence-electron chi connectivity index (χ2n) is 9.27. The monoisotopic (exact) mass is 538 g/mol. The largest absolute Gasteiger partial charge is 0.306 e. The van der Waals surface area contributed by atoms with Gasteiger partial charge < -0.3 is 4.90 Å². The maximum atomic E-state index is 10.0. The molecule has 3 aromatic rings. The highest BCUT2D eigenvalue weighted by Crippen LogP contribution is 2.24. The Morgan fingerprint density at radius 3 is 2.11 bits per heavy atom. The fraction of sp³-hybridized carbons (Fsp3) is 0.375. The van der Waals surface area contributed by atoms with Crippen molar-refractivity contribution < 1.29 is 4.79 Å². The molecule has 1 aliphatic heterocycles. The molecule has 4 rings (SSSR count). The molecule has 0 N–H and O–H groups in total. The summed E-state index contributed by atoms with van der Waals surface area (Å²) < 4.78 is 0. The first-order valence-corrected chi connectivity index (χ1v) is 13.6. The minimum atomic E-state index is 0.530. The highest BCUT2D eigenvalue weighted by atomic mass is 35.5. The Morgan fingerprint density at radius 1 is 1.03 bits per heavy atom. The van der Waals surface area contributed by atoms with E-state index in [0.29, 0.717) is 10.6 Å². The van der Waals surface area contributed by atoms with Crippen LogP contribution in [0.4, 0.5) is 0 Å². The van der Waals surface area contributed by atoms with Gasteiger partial charge in [0, 0.05) is 17.1 Å². The molecule has 2 unspecified atom stereocenters. The zero-order chi connectivity index (χ0) is 27.6. The molecular formula is C32H40Cl2N2O. The molecule has 1 heterocycles. The standard InChI is InChI=1S/C9H19N.C8H6ClN.C8H9Cl.C7H6O/c1-4-8(2)9-5-6-10(3)7-9;1-6-2-3-7(5-10)8(9)4-6;1-2-7-5-3-4-6-8(7)9;8-6-7-4-2-1-3-5-7/h8-9H,4-7H2,1-3H3;2-4H,1H3;3-6H,2H2,1H3;1-6H. The smallest absolute Gasteiger partial charge is 0.150 e. The first kappa shape index (κ1) is 32.4. The predicted molar refractivity (Wildman–Crippen MR) is 159 cm³/mol. The Kier molecular flexibility index (Phi) is 16.3. The zero-order valence-corrected chi connectivity index (χ0v) is 24.3. The average Bonchev–Trinajstić information content (AvgIpc) is 3.36. The van der Waals surface area contributed by atoms with Gasteiger partial charge in [0.15, 0.2) is 0 Å². The van der Waals surface area contributed by atoms with Gasteiger partial charge in [-0.2, -0.15) is 5.26 Å². The van der Waals surface area contributed by atoms with Crippen molar-refractivity contribution in [2.45, 2.75) is 47.0 Å². The molecule has 0 spiro atoms. The van der Waals surface area contributed by atoms with Gasteiger partial charge in [-0.1, -0.05) is 105 Å². The van der Waals surface area contributed by atoms with Gasteiger partial charge in [-0.25, -0.2) is 0 Å². The minimum absolute atomic E-state index is 0.530. The van der Waals surface area contributed by atoms with Crippen LogP contribution in [0.2, 0.25) is 10.0 Å². The molecule has 2 atom stereocenters. The summed E-state index contributed by atoms with van der Waals surface area (Å²) in [7, 11) is 2.22. The first-order valence-electron chi connectivity index (χ1n) is 12.8. The highest BCUT2D eigenvalue weighted by Gasteiger charge is 2.23. The maximum absolute atomic E-state index is 10.0. The normalized spacial score (nSPS) is 14.9. The third-order valence-corrected chi connectivity index (χ3v) is 7.08. The van der Waals surface area contributed by atoms with Crippen molar-refractivity contribution in [3.63, 3.8) is 0 Å². The zero-order valence-electron chi connectivity index (χ0n) is 22.8. The number of hydrogen-bond acceptors (Lipinski definition) is 3. The van der Waals surface area contributed by atoms with Crippen molar-refractivity contribution in [3.8, 4) is 6.07 Å². The van der Waals surface area contributed by atoms with Crippen LogP contribution in [0.15, 0.2) is 72.8 Å². The quantitative estimate of drug-likeness (QED) is 0.311. The van der Waals surface area contributed by atoms with Gasteiger partial charge >= 0.3 is 0 Å². The number of carbonyl (C=O) groups excluding carboxylic acids is 1. The van der Waals surface area contributed by atoms with Crippen LogP contribution < -0.4 is 0 Å². The Balaban J connectivity index is 0.000000248. The molecule has 0 aliphatic carbocycles. The minimum Gasteiger partial charge on any atom is -0.306 e. The van der Waals surface area contributed by atoms with E-state index in [1.54, 1.807) is 24.3 Å². The van der Waals surface area contributed by atoms with Crippen molar-refractivity contribution in [1.29, 1.82) is 5.26 Å². The summed E-state index contributed by atoms with van der Waals surface area (Å²) in [6.07, 6.45) is 4.61. The molecule has 3 nitrogen and oxygen atoms in total. The molecule has 0 amide bonds. The van der Waals surface area contributed by atoms with Gasteiger partial charge in [0.2, 0.25) is 0 Å². The molecule has 198 valence electrons. The lowest BCUT2D eigenvalue weighted by molar-refractivity contribution is 0.112. The second-order valence-corrected chi connectivity index (χ2v) is 10.1. The fourth-order valence-electron chi connectivity index (χ4n) is 3.79. The van der Waals surface area contributed by atoms with Crippen molar-refractivity contribution in [1.82, 2.24) is 4.90 Å². The summed E-state index contributed by atoms with van der Waals surface area (Å²) in [4.78, 5) is 12.4. The van der Waals surface area contributed by atoms with Crippen LogP contribution in [0.3, 0.4) is 0 Å².